The van der Waals surface area contributed by atoms with E-state index in [-0.39, 0.29) is 0 Å². The third-order valence-corrected chi connectivity index (χ3v) is 2.12. The summed E-state index contributed by atoms with van der Waals surface area (Å²) in [5.41, 5.74) is 1.13. The number of hydrogen-bond acceptors (Lipinski definition) is 2. The van der Waals surface area contributed by atoms with Crippen LogP contribution in [0.4, 0.5) is 0 Å². The fraction of sp³-hybridized carbons (Fsp3) is 0.667. The second-order valence-corrected chi connectivity index (χ2v) is 3.49. The summed E-state index contributed by atoms with van der Waals surface area (Å²) in [5.74, 6) is 1.43. The summed E-state index contributed by atoms with van der Waals surface area (Å²) >= 11 is 0. The van der Waals surface area contributed by atoms with E-state index in [2.05, 4.69) is 18.9 Å². The van der Waals surface area contributed by atoms with Crippen LogP contribution >= 0.6 is 0 Å². The van der Waals surface area contributed by atoms with Crippen molar-refractivity contribution in [3.8, 4) is 5.88 Å². The number of aromatic nitrogens is 2. The lowest BCUT2D eigenvalue weighted by Gasteiger charge is -2.13. The van der Waals surface area contributed by atoms with E-state index in [1.807, 2.05) is 10.7 Å². The molecule has 0 amide bonds. The first kappa shape index (κ1) is 7.65. The van der Waals surface area contributed by atoms with Crippen LogP contribution in [0.5, 0.6) is 5.88 Å². The minimum Gasteiger partial charge on any atom is -0.478 e. The largest absolute Gasteiger partial charge is 0.478 e. The molecule has 0 radical (unpaired) electrons. The van der Waals surface area contributed by atoms with Gasteiger partial charge in [0.1, 0.15) is 0 Å². The van der Waals surface area contributed by atoms with Crippen LogP contribution in [0.1, 0.15) is 31.9 Å². The van der Waals surface area contributed by atoms with Gasteiger partial charge in [-0.15, -0.1) is 0 Å². The Morgan fingerprint density at radius 1 is 1.58 bits per heavy atom. The first-order chi connectivity index (χ1) is 5.77. The third-order valence-electron chi connectivity index (χ3n) is 2.12. The quantitative estimate of drug-likeness (QED) is 0.636. The average Bonchev–Trinajstić information content (AvgIpc) is 2.46. The molecule has 0 saturated carbocycles. The van der Waals surface area contributed by atoms with Gasteiger partial charge in [-0.05, 0) is 5.92 Å². The lowest BCUT2D eigenvalue weighted by molar-refractivity contribution is 0.230. The van der Waals surface area contributed by atoms with Crippen LogP contribution in [0.3, 0.4) is 0 Å². The van der Waals surface area contributed by atoms with Crippen molar-refractivity contribution in [1.29, 1.82) is 0 Å². The normalized spacial score (nSPS) is 15.9. The summed E-state index contributed by atoms with van der Waals surface area (Å²) < 4.78 is 7.41. The highest BCUT2D eigenvalue weighted by atomic mass is 16.5. The summed E-state index contributed by atoms with van der Waals surface area (Å²) in [4.78, 5) is 0. The topological polar surface area (TPSA) is 27.1 Å². The van der Waals surface area contributed by atoms with Gasteiger partial charge in [-0.3, -0.25) is 0 Å². The molecule has 12 heavy (non-hydrogen) atoms. The number of aryl methyl sites for hydroxylation is 1. The summed E-state index contributed by atoms with van der Waals surface area (Å²) in [6.45, 7) is 6.13. The molecule has 2 rings (SSSR count). The highest BCUT2D eigenvalue weighted by Crippen LogP contribution is 2.22. The molecule has 3 heteroatoms. The second-order valence-electron chi connectivity index (χ2n) is 3.49. The Bertz CT molecular complexity index is 255. The van der Waals surface area contributed by atoms with Gasteiger partial charge in [0, 0.05) is 19.0 Å². The van der Waals surface area contributed by atoms with Gasteiger partial charge in [0.15, 0.2) is 0 Å². The fourth-order valence-electron chi connectivity index (χ4n) is 1.37. The maximum absolute atomic E-state index is 5.45. The Labute approximate surface area is 72.3 Å². The minimum absolute atomic E-state index is 0.492. The summed E-state index contributed by atoms with van der Waals surface area (Å²) in [6.07, 6.45) is 1.08. The van der Waals surface area contributed by atoms with Crippen LogP contribution in [-0.4, -0.2) is 16.4 Å². The highest BCUT2D eigenvalue weighted by molar-refractivity contribution is 5.19. The van der Waals surface area contributed by atoms with Crippen LogP contribution in [0.15, 0.2) is 6.07 Å². The molecule has 1 aromatic heterocycles. The lowest BCUT2D eigenvalue weighted by atomic mass is 10.1. The molecule has 2 heterocycles. The number of fused-ring (bicyclic) bond motifs is 1. The third kappa shape index (κ3) is 1.19. The molecule has 0 spiro atoms. The van der Waals surface area contributed by atoms with Crippen LogP contribution in [-0.2, 0) is 6.54 Å². The molecule has 0 N–H and O–H groups in total. The first-order valence-electron chi connectivity index (χ1n) is 4.48. The minimum atomic E-state index is 0.492. The van der Waals surface area contributed by atoms with E-state index in [1.54, 1.807) is 0 Å². The SMILES string of the molecule is CC(C)c1cc2n(n1)CCCO2. The molecular formula is C9H14N2O. The summed E-state index contributed by atoms with van der Waals surface area (Å²) in [7, 11) is 0. The van der Waals surface area contributed by atoms with Gasteiger partial charge in [-0.25, -0.2) is 4.68 Å². The van der Waals surface area contributed by atoms with Gasteiger partial charge in [0.2, 0.25) is 5.88 Å². The first-order valence-corrected chi connectivity index (χ1v) is 4.48. The Balaban J connectivity index is 2.32. The van der Waals surface area contributed by atoms with E-state index in [0.29, 0.717) is 5.92 Å². The van der Waals surface area contributed by atoms with Crippen LogP contribution in [0.2, 0.25) is 0 Å². The zero-order valence-corrected chi connectivity index (χ0v) is 7.58. The molecule has 0 aromatic carbocycles. The standard InChI is InChI=1S/C9H14N2O/c1-7(2)8-6-9-11(10-8)4-3-5-12-9/h6-7H,3-5H2,1-2H3. The van der Waals surface area contributed by atoms with Crippen LogP contribution in [0.25, 0.3) is 0 Å². The van der Waals surface area contributed by atoms with E-state index in [9.17, 15) is 0 Å². The monoisotopic (exact) mass is 166 g/mol. The van der Waals surface area contributed by atoms with Crippen molar-refractivity contribution < 1.29 is 4.74 Å². The number of nitrogens with zero attached hydrogens (tertiary/aromatic N) is 2. The van der Waals surface area contributed by atoms with Crippen molar-refractivity contribution in [3.05, 3.63) is 11.8 Å². The Morgan fingerprint density at radius 3 is 3.08 bits per heavy atom. The van der Waals surface area contributed by atoms with Gasteiger partial charge >= 0.3 is 0 Å². The van der Waals surface area contributed by atoms with E-state index in [1.165, 1.54) is 0 Å². The van der Waals surface area contributed by atoms with Gasteiger partial charge in [0.25, 0.3) is 0 Å². The van der Waals surface area contributed by atoms with Gasteiger partial charge in [0.05, 0.1) is 12.3 Å². The molecule has 1 aromatic rings. The van der Waals surface area contributed by atoms with Gasteiger partial charge in [-0.2, -0.15) is 5.10 Å². The molecule has 1 aliphatic rings. The van der Waals surface area contributed by atoms with Crippen molar-refractivity contribution >= 4 is 0 Å². The summed E-state index contributed by atoms with van der Waals surface area (Å²) in [5, 5.41) is 4.44. The Hall–Kier alpha value is -0.990. The molecule has 0 unspecified atom stereocenters. The Kier molecular flexibility index (Phi) is 1.79. The number of hydrogen-bond donors (Lipinski definition) is 0. The summed E-state index contributed by atoms with van der Waals surface area (Å²) in [6, 6.07) is 2.05. The smallest absolute Gasteiger partial charge is 0.211 e. The maximum Gasteiger partial charge on any atom is 0.211 e. The molecule has 0 atom stereocenters. The zero-order chi connectivity index (χ0) is 8.55. The molecular weight excluding hydrogens is 152 g/mol. The maximum atomic E-state index is 5.45. The molecule has 0 bridgehead atoms. The number of rotatable bonds is 1. The fourth-order valence-corrected chi connectivity index (χ4v) is 1.37. The molecule has 66 valence electrons. The van der Waals surface area contributed by atoms with Crippen molar-refractivity contribution in [2.45, 2.75) is 32.7 Å². The Morgan fingerprint density at radius 2 is 2.42 bits per heavy atom. The van der Waals surface area contributed by atoms with Gasteiger partial charge in [-0.1, -0.05) is 13.8 Å². The second kappa shape index (κ2) is 2.81. The predicted molar refractivity (Wildman–Crippen MR) is 46.4 cm³/mol. The lowest BCUT2D eigenvalue weighted by Crippen LogP contribution is -2.14. The van der Waals surface area contributed by atoms with Crippen LogP contribution < -0.4 is 4.74 Å². The zero-order valence-electron chi connectivity index (χ0n) is 7.58. The van der Waals surface area contributed by atoms with Gasteiger partial charge < -0.3 is 4.74 Å². The van der Waals surface area contributed by atoms with Crippen molar-refractivity contribution in [2.75, 3.05) is 6.61 Å². The van der Waals surface area contributed by atoms with E-state index in [0.717, 1.165) is 31.1 Å². The molecule has 0 aliphatic carbocycles. The molecule has 0 saturated heterocycles. The van der Waals surface area contributed by atoms with E-state index < -0.39 is 0 Å². The van der Waals surface area contributed by atoms with Crippen molar-refractivity contribution in [1.82, 2.24) is 9.78 Å². The average molecular weight is 166 g/mol. The highest BCUT2D eigenvalue weighted by Gasteiger charge is 2.14. The van der Waals surface area contributed by atoms with E-state index in [4.69, 9.17) is 4.74 Å². The van der Waals surface area contributed by atoms with Crippen molar-refractivity contribution in [2.24, 2.45) is 0 Å². The number of ether oxygens (including phenoxy) is 1. The predicted octanol–water partition coefficient (Wildman–Crippen LogP) is 1.79. The van der Waals surface area contributed by atoms with Crippen molar-refractivity contribution in [3.63, 3.8) is 0 Å². The molecule has 3 nitrogen and oxygen atoms in total. The molecule has 1 aliphatic heterocycles. The molecule has 0 fully saturated rings. The van der Waals surface area contributed by atoms with Crippen LogP contribution in [0, 0.1) is 0 Å². The van der Waals surface area contributed by atoms with E-state index >= 15 is 0 Å².